The highest BCUT2D eigenvalue weighted by Crippen LogP contribution is 2.38. The molecule has 4 nitrogen and oxygen atoms in total. The Balaban J connectivity index is 1.93. The zero-order valence-corrected chi connectivity index (χ0v) is 10.1. The number of pyridine rings is 1. The van der Waals surface area contributed by atoms with Crippen LogP contribution in [0.4, 0.5) is 5.82 Å². The van der Waals surface area contributed by atoms with Crippen LogP contribution in [-0.2, 0) is 18.4 Å². The zero-order chi connectivity index (χ0) is 12.6. The Morgan fingerprint density at radius 1 is 1.44 bits per heavy atom. The van der Waals surface area contributed by atoms with Crippen molar-refractivity contribution in [2.24, 2.45) is 0 Å². The lowest BCUT2D eigenvalue weighted by Crippen LogP contribution is -2.32. The minimum atomic E-state index is -0.839. The first kappa shape index (κ1) is 11.3. The van der Waals surface area contributed by atoms with Crippen LogP contribution < -0.4 is 5.73 Å². The molecule has 2 aromatic heterocycles. The molecule has 1 atom stereocenters. The summed E-state index contributed by atoms with van der Waals surface area (Å²) in [6, 6.07) is 5.58. The van der Waals surface area contributed by atoms with Crippen LogP contribution in [0.1, 0.15) is 29.7 Å². The van der Waals surface area contributed by atoms with Gasteiger partial charge in [0.2, 0.25) is 0 Å². The summed E-state index contributed by atoms with van der Waals surface area (Å²) in [6.45, 7) is 0. The van der Waals surface area contributed by atoms with Gasteiger partial charge in [-0.05, 0) is 36.6 Å². The number of hydrogen-bond acceptors (Lipinski definition) is 4. The Morgan fingerprint density at radius 2 is 2.33 bits per heavy atom. The summed E-state index contributed by atoms with van der Waals surface area (Å²) in [5, 5.41) is 10.8. The molecule has 2 aromatic rings. The predicted molar refractivity (Wildman–Crippen MR) is 67.9 cm³/mol. The van der Waals surface area contributed by atoms with E-state index in [4.69, 9.17) is 10.2 Å². The molecule has 0 saturated heterocycles. The van der Waals surface area contributed by atoms with Gasteiger partial charge in [-0.3, -0.25) is 0 Å². The average Bonchev–Trinajstić information content (AvgIpc) is 2.78. The van der Waals surface area contributed by atoms with Crippen molar-refractivity contribution in [3.8, 4) is 0 Å². The van der Waals surface area contributed by atoms with Crippen LogP contribution in [0.25, 0.3) is 0 Å². The van der Waals surface area contributed by atoms with E-state index in [1.165, 1.54) is 0 Å². The van der Waals surface area contributed by atoms with Gasteiger partial charge in [-0.25, -0.2) is 4.98 Å². The monoisotopic (exact) mass is 244 g/mol. The smallest absolute Gasteiger partial charge is 0.123 e. The Hall–Kier alpha value is -1.81. The van der Waals surface area contributed by atoms with Crippen molar-refractivity contribution >= 4 is 5.82 Å². The van der Waals surface area contributed by atoms with Crippen LogP contribution in [0.3, 0.4) is 0 Å². The highest BCUT2D eigenvalue weighted by Gasteiger charge is 2.36. The van der Waals surface area contributed by atoms with Crippen LogP contribution in [-0.4, -0.2) is 10.1 Å². The van der Waals surface area contributed by atoms with Crippen LogP contribution in [0.2, 0.25) is 0 Å². The van der Waals surface area contributed by atoms with E-state index in [1.54, 1.807) is 12.5 Å². The lowest BCUT2D eigenvalue weighted by molar-refractivity contribution is 0.0169. The molecule has 3 N–H and O–H groups in total. The molecular weight excluding hydrogens is 228 g/mol. The molecule has 0 aliphatic heterocycles. The van der Waals surface area contributed by atoms with Gasteiger partial charge in [0.05, 0.1) is 11.9 Å². The molecule has 0 radical (unpaired) electrons. The molecule has 1 aliphatic rings. The Bertz CT molecular complexity index is 564. The van der Waals surface area contributed by atoms with Gasteiger partial charge in [0.15, 0.2) is 0 Å². The van der Waals surface area contributed by atoms with E-state index >= 15 is 0 Å². The summed E-state index contributed by atoms with van der Waals surface area (Å²) in [5.41, 5.74) is 6.75. The number of aryl methyl sites for hydroxylation is 1. The molecule has 2 heterocycles. The fourth-order valence-corrected chi connectivity index (χ4v) is 2.75. The van der Waals surface area contributed by atoms with Crippen molar-refractivity contribution in [1.29, 1.82) is 0 Å². The zero-order valence-electron chi connectivity index (χ0n) is 10.1. The van der Waals surface area contributed by atoms with Crippen molar-refractivity contribution in [3.63, 3.8) is 0 Å². The maximum absolute atomic E-state index is 10.8. The first-order valence-electron chi connectivity index (χ1n) is 6.17. The van der Waals surface area contributed by atoms with E-state index in [9.17, 15) is 5.11 Å². The van der Waals surface area contributed by atoms with Crippen molar-refractivity contribution in [1.82, 2.24) is 4.98 Å². The topological polar surface area (TPSA) is 72.3 Å². The Morgan fingerprint density at radius 3 is 3.17 bits per heavy atom. The minimum absolute atomic E-state index is 0.485. The van der Waals surface area contributed by atoms with E-state index in [1.807, 2.05) is 18.2 Å². The van der Waals surface area contributed by atoms with Crippen molar-refractivity contribution in [2.75, 3.05) is 5.73 Å². The fraction of sp³-hybridized carbons (Fsp3) is 0.357. The van der Waals surface area contributed by atoms with Gasteiger partial charge in [-0.15, -0.1) is 0 Å². The Labute approximate surface area is 105 Å². The minimum Gasteiger partial charge on any atom is -0.469 e. The molecule has 3 rings (SSSR count). The first-order valence-corrected chi connectivity index (χ1v) is 6.17. The van der Waals surface area contributed by atoms with E-state index in [0.29, 0.717) is 12.2 Å². The molecule has 94 valence electrons. The van der Waals surface area contributed by atoms with E-state index in [2.05, 4.69) is 4.98 Å². The van der Waals surface area contributed by atoms with Gasteiger partial charge in [0.1, 0.15) is 11.6 Å². The lowest BCUT2D eigenvalue weighted by Gasteiger charge is -2.31. The second-order valence-electron chi connectivity index (χ2n) is 4.91. The summed E-state index contributed by atoms with van der Waals surface area (Å²) < 4.78 is 5.42. The molecule has 18 heavy (non-hydrogen) atoms. The second kappa shape index (κ2) is 4.14. The molecule has 1 unspecified atom stereocenters. The van der Waals surface area contributed by atoms with E-state index in [0.717, 1.165) is 36.1 Å². The number of nitrogen functional groups attached to an aromatic ring is 1. The standard InChI is InChI=1S/C14H16N2O2/c15-13-8-10(3-6-16-13)9-14(17)5-1-2-12-11(14)4-7-18-12/h3-4,6-8,17H,1-2,5,9H2,(H2,15,16). The Kier molecular flexibility index (Phi) is 2.59. The maximum Gasteiger partial charge on any atom is 0.123 e. The van der Waals surface area contributed by atoms with Gasteiger partial charge in [-0.1, -0.05) is 0 Å². The summed E-state index contributed by atoms with van der Waals surface area (Å²) >= 11 is 0. The van der Waals surface area contributed by atoms with Crippen LogP contribution in [0.5, 0.6) is 0 Å². The third-order valence-electron chi connectivity index (χ3n) is 3.58. The molecule has 0 fully saturated rings. The number of fused-ring (bicyclic) bond motifs is 1. The molecule has 0 bridgehead atoms. The van der Waals surface area contributed by atoms with Gasteiger partial charge in [0, 0.05) is 24.6 Å². The maximum atomic E-state index is 10.8. The summed E-state index contributed by atoms with van der Waals surface area (Å²) in [7, 11) is 0. The highest BCUT2D eigenvalue weighted by molar-refractivity contribution is 5.35. The number of hydrogen-bond donors (Lipinski definition) is 2. The van der Waals surface area contributed by atoms with Gasteiger partial charge in [0.25, 0.3) is 0 Å². The molecular formula is C14H16N2O2. The molecule has 0 spiro atoms. The summed E-state index contributed by atoms with van der Waals surface area (Å²) in [4.78, 5) is 3.97. The molecule has 0 saturated carbocycles. The number of nitrogens with two attached hydrogens (primary N) is 1. The third-order valence-corrected chi connectivity index (χ3v) is 3.58. The second-order valence-corrected chi connectivity index (χ2v) is 4.91. The number of aromatic nitrogens is 1. The molecule has 1 aliphatic carbocycles. The van der Waals surface area contributed by atoms with Crippen molar-refractivity contribution in [3.05, 3.63) is 47.5 Å². The quantitative estimate of drug-likeness (QED) is 0.847. The number of nitrogens with zero attached hydrogens (tertiary/aromatic N) is 1. The van der Waals surface area contributed by atoms with Crippen molar-refractivity contribution < 1.29 is 9.52 Å². The van der Waals surface area contributed by atoms with Crippen LogP contribution >= 0.6 is 0 Å². The molecule has 0 amide bonds. The van der Waals surface area contributed by atoms with Crippen LogP contribution in [0.15, 0.2) is 35.1 Å². The summed E-state index contributed by atoms with van der Waals surface area (Å²) in [5.74, 6) is 1.39. The number of anilines is 1. The lowest BCUT2D eigenvalue weighted by atomic mass is 9.79. The normalized spacial score (nSPS) is 22.7. The van der Waals surface area contributed by atoms with E-state index in [-0.39, 0.29) is 0 Å². The van der Waals surface area contributed by atoms with E-state index < -0.39 is 5.60 Å². The number of rotatable bonds is 2. The first-order chi connectivity index (χ1) is 8.67. The fourth-order valence-electron chi connectivity index (χ4n) is 2.75. The predicted octanol–water partition coefficient (Wildman–Crippen LogP) is 2.02. The number of furan rings is 1. The van der Waals surface area contributed by atoms with Crippen LogP contribution in [0, 0.1) is 0 Å². The van der Waals surface area contributed by atoms with Gasteiger partial charge >= 0.3 is 0 Å². The largest absolute Gasteiger partial charge is 0.469 e. The molecule has 0 aromatic carbocycles. The summed E-state index contributed by atoms with van der Waals surface area (Å²) in [6.07, 6.45) is 6.48. The number of aliphatic hydroxyl groups is 1. The third kappa shape index (κ3) is 1.88. The van der Waals surface area contributed by atoms with Gasteiger partial charge in [-0.2, -0.15) is 0 Å². The van der Waals surface area contributed by atoms with Gasteiger partial charge < -0.3 is 15.3 Å². The van der Waals surface area contributed by atoms with Crippen molar-refractivity contribution in [2.45, 2.75) is 31.3 Å². The average molecular weight is 244 g/mol. The molecule has 4 heteroatoms. The highest BCUT2D eigenvalue weighted by atomic mass is 16.3. The SMILES string of the molecule is Nc1cc(CC2(O)CCCc3occc32)ccn1.